The number of fused-ring (bicyclic) bond motifs is 1. The van der Waals surface area contributed by atoms with Crippen molar-refractivity contribution in [2.45, 2.75) is 20.0 Å². The van der Waals surface area contributed by atoms with Crippen LogP contribution in [0.3, 0.4) is 0 Å². The Hall–Kier alpha value is -3.79. The Kier molecular flexibility index (Phi) is 6.13. The molecule has 2 heterocycles. The molecule has 4 aromatic rings. The van der Waals surface area contributed by atoms with E-state index in [0.717, 1.165) is 0 Å². The van der Waals surface area contributed by atoms with Gasteiger partial charge in [-0.25, -0.2) is 9.37 Å². The van der Waals surface area contributed by atoms with E-state index in [0.29, 0.717) is 65.1 Å². The number of aromatic nitrogens is 4. The fraction of sp³-hybridized carbons (Fsp3) is 0.273. The molecule has 166 valence electrons. The fourth-order valence-corrected chi connectivity index (χ4v) is 3.31. The number of nitrogens with zero attached hydrogens (tertiary/aromatic N) is 4. The topological polar surface area (TPSA) is 106 Å². The molecule has 0 fully saturated rings. The summed E-state index contributed by atoms with van der Waals surface area (Å²) < 4.78 is 29.0. The minimum Gasteiger partial charge on any atom is -0.493 e. The van der Waals surface area contributed by atoms with Crippen LogP contribution in [0.5, 0.6) is 11.5 Å². The second kappa shape index (κ2) is 9.15. The van der Waals surface area contributed by atoms with Crippen LogP contribution >= 0.6 is 0 Å². The SMILES string of the molecule is CCN(Cc1nc2cc(OC)c(OC)cc2c(=O)[nH]1)Cc1nc(-c2ccc(F)cc2)no1. The molecule has 0 aliphatic heterocycles. The molecule has 0 unspecified atom stereocenters. The van der Waals surface area contributed by atoms with Crippen LogP contribution in [0.15, 0.2) is 45.7 Å². The molecule has 2 aromatic heterocycles. The lowest BCUT2D eigenvalue weighted by Gasteiger charge is -2.17. The number of methoxy groups -OCH3 is 2. The highest BCUT2D eigenvalue weighted by Gasteiger charge is 2.16. The van der Waals surface area contributed by atoms with Crippen molar-refractivity contribution in [3.8, 4) is 22.9 Å². The minimum absolute atomic E-state index is 0.265. The maximum absolute atomic E-state index is 13.1. The van der Waals surface area contributed by atoms with Gasteiger partial charge in [0.1, 0.15) is 11.6 Å². The van der Waals surface area contributed by atoms with Crippen molar-refractivity contribution in [1.82, 2.24) is 25.0 Å². The lowest BCUT2D eigenvalue weighted by Crippen LogP contribution is -2.25. The van der Waals surface area contributed by atoms with Gasteiger partial charge in [0.05, 0.1) is 38.2 Å². The zero-order valence-electron chi connectivity index (χ0n) is 17.9. The number of aromatic amines is 1. The quantitative estimate of drug-likeness (QED) is 0.446. The third-order valence-electron chi connectivity index (χ3n) is 5.01. The summed E-state index contributed by atoms with van der Waals surface area (Å²) >= 11 is 0. The van der Waals surface area contributed by atoms with E-state index in [4.69, 9.17) is 14.0 Å². The molecule has 0 aliphatic rings. The Balaban J connectivity index is 1.54. The van der Waals surface area contributed by atoms with Crippen molar-refractivity contribution in [2.24, 2.45) is 0 Å². The maximum atomic E-state index is 13.1. The van der Waals surface area contributed by atoms with Gasteiger partial charge in [0, 0.05) is 11.6 Å². The smallest absolute Gasteiger partial charge is 0.258 e. The van der Waals surface area contributed by atoms with Crippen LogP contribution in [0.1, 0.15) is 18.6 Å². The van der Waals surface area contributed by atoms with Crippen molar-refractivity contribution in [3.05, 3.63) is 64.3 Å². The minimum atomic E-state index is -0.331. The van der Waals surface area contributed by atoms with E-state index in [2.05, 4.69) is 20.1 Å². The standard InChI is InChI=1S/C22H22FN5O4/c1-4-28(12-20-26-21(27-32-20)13-5-7-14(23)8-6-13)11-19-24-16-10-18(31-3)17(30-2)9-15(16)22(29)25-19/h5-10H,4,11-12H2,1-3H3,(H,24,25,29). The molecule has 0 aliphatic carbocycles. The number of ether oxygens (including phenoxy) is 2. The summed E-state index contributed by atoms with van der Waals surface area (Å²) in [6, 6.07) is 9.15. The molecule has 0 spiro atoms. The Bertz CT molecular complexity index is 1290. The van der Waals surface area contributed by atoms with Gasteiger partial charge in [-0.05, 0) is 36.9 Å². The molecule has 0 saturated heterocycles. The lowest BCUT2D eigenvalue weighted by molar-refractivity contribution is 0.224. The van der Waals surface area contributed by atoms with E-state index < -0.39 is 0 Å². The molecular formula is C22H22FN5O4. The summed E-state index contributed by atoms with van der Waals surface area (Å²) in [5, 5.41) is 4.38. The first kappa shape index (κ1) is 21.4. The number of hydrogen-bond donors (Lipinski definition) is 1. The van der Waals surface area contributed by atoms with Crippen molar-refractivity contribution in [1.29, 1.82) is 0 Å². The molecular weight excluding hydrogens is 417 g/mol. The zero-order chi connectivity index (χ0) is 22.7. The Morgan fingerprint density at radius 1 is 1.06 bits per heavy atom. The van der Waals surface area contributed by atoms with Gasteiger partial charge in [-0.3, -0.25) is 9.69 Å². The molecule has 0 radical (unpaired) electrons. The summed E-state index contributed by atoms with van der Waals surface area (Å²) in [5.74, 6) is 1.91. The van der Waals surface area contributed by atoms with Crippen molar-refractivity contribution in [3.63, 3.8) is 0 Å². The summed E-state index contributed by atoms with van der Waals surface area (Å²) in [6.07, 6.45) is 0. The molecule has 32 heavy (non-hydrogen) atoms. The Morgan fingerprint density at radius 3 is 2.47 bits per heavy atom. The van der Waals surface area contributed by atoms with Gasteiger partial charge >= 0.3 is 0 Å². The van der Waals surface area contributed by atoms with Crippen LogP contribution in [-0.2, 0) is 13.1 Å². The van der Waals surface area contributed by atoms with Gasteiger partial charge in [0.25, 0.3) is 5.56 Å². The van der Waals surface area contributed by atoms with E-state index in [9.17, 15) is 9.18 Å². The van der Waals surface area contributed by atoms with Gasteiger partial charge < -0.3 is 19.0 Å². The van der Waals surface area contributed by atoms with Crippen LogP contribution in [0.4, 0.5) is 4.39 Å². The van der Waals surface area contributed by atoms with Crippen LogP contribution in [0.25, 0.3) is 22.3 Å². The molecule has 2 aromatic carbocycles. The molecule has 0 bridgehead atoms. The van der Waals surface area contributed by atoms with Gasteiger partial charge in [-0.1, -0.05) is 12.1 Å². The number of halogens is 1. The average Bonchev–Trinajstić information content (AvgIpc) is 3.26. The fourth-order valence-electron chi connectivity index (χ4n) is 3.31. The first-order valence-corrected chi connectivity index (χ1v) is 9.96. The number of nitrogens with one attached hydrogen (secondary N) is 1. The summed E-state index contributed by atoms with van der Waals surface area (Å²) in [7, 11) is 3.04. The highest BCUT2D eigenvalue weighted by atomic mass is 19.1. The van der Waals surface area contributed by atoms with Gasteiger partial charge in [-0.15, -0.1) is 0 Å². The van der Waals surface area contributed by atoms with E-state index in [1.807, 2.05) is 11.8 Å². The molecule has 0 atom stereocenters. The van der Waals surface area contributed by atoms with E-state index in [-0.39, 0.29) is 11.4 Å². The average molecular weight is 439 g/mol. The summed E-state index contributed by atoms with van der Waals surface area (Å²) in [6.45, 7) is 3.36. The highest BCUT2D eigenvalue weighted by molar-refractivity contribution is 5.81. The van der Waals surface area contributed by atoms with E-state index in [1.165, 1.54) is 26.4 Å². The monoisotopic (exact) mass is 439 g/mol. The summed E-state index contributed by atoms with van der Waals surface area (Å²) in [5.41, 5.74) is 0.904. The molecule has 4 rings (SSSR count). The number of hydrogen-bond acceptors (Lipinski definition) is 8. The zero-order valence-corrected chi connectivity index (χ0v) is 17.9. The normalized spacial score (nSPS) is 11.3. The van der Waals surface area contributed by atoms with E-state index >= 15 is 0 Å². The van der Waals surface area contributed by atoms with Crippen molar-refractivity contribution < 1.29 is 18.4 Å². The predicted molar refractivity (Wildman–Crippen MR) is 115 cm³/mol. The number of rotatable bonds is 8. The Labute approximate surface area is 182 Å². The molecule has 10 heteroatoms. The van der Waals surface area contributed by atoms with Gasteiger partial charge in [0.2, 0.25) is 11.7 Å². The third-order valence-corrected chi connectivity index (χ3v) is 5.01. The van der Waals surface area contributed by atoms with Crippen LogP contribution in [-0.4, -0.2) is 45.8 Å². The van der Waals surface area contributed by atoms with Crippen LogP contribution < -0.4 is 15.0 Å². The summed E-state index contributed by atoms with van der Waals surface area (Å²) in [4.78, 5) is 26.4. The lowest BCUT2D eigenvalue weighted by atomic mass is 10.2. The van der Waals surface area contributed by atoms with Crippen LogP contribution in [0.2, 0.25) is 0 Å². The van der Waals surface area contributed by atoms with E-state index in [1.54, 1.807) is 24.3 Å². The second-order valence-corrected chi connectivity index (χ2v) is 7.06. The first-order valence-electron chi connectivity index (χ1n) is 9.96. The van der Waals surface area contributed by atoms with Crippen molar-refractivity contribution in [2.75, 3.05) is 20.8 Å². The van der Waals surface area contributed by atoms with Crippen LogP contribution in [0, 0.1) is 5.82 Å². The largest absolute Gasteiger partial charge is 0.493 e. The molecule has 1 N–H and O–H groups in total. The Morgan fingerprint density at radius 2 is 1.78 bits per heavy atom. The highest BCUT2D eigenvalue weighted by Crippen LogP contribution is 2.30. The number of H-pyrrole nitrogens is 1. The van der Waals surface area contributed by atoms with Crippen molar-refractivity contribution >= 4 is 10.9 Å². The molecule has 9 nitrogen and oxygen atoms in total. The second-order valence-electron chi connectivity index (χ2n) is 7.06. The van der Waals surface area contributed by atoms with Gasteiger partial charge in [0.15, 0.2) is 11.5 Å². The third kappa shape index (κ3) is 4.45. The first-order chi connectivity index (χ1) is 15.5. The number of benzene rings is 2. The molecule has 0 saturated carbocycles. The molecule has 0 amide bonds. The maximum Gasteiger partial charge on any atom is 0.258 e. The van der Waals surface area contributed by atoms with Gasteiger partial charge in [-0.2, -0.15) is 4.98 Å². The predicted octanol–water partition coefficient (Wildman–Crippen LogP) is 3.15.